The van der Waals surface area contributed by atoms with E-state index < -0.39 is 4.92 Å². The van der Waals surface area contributed by atoms with Crippen molar-refractivity contribution in [2.24, 2.45) is 0 Å². The molecule has 1 fully saturated rings. The van der Waals surface area contributed by atoms with E-state index in [1.54, 1.807) is 23.1 Å². The number of aromatic nitrogens is 2. The highest BCUT2D eigenvalue weighted by Crippen LogP contribution is 2.32. The van der Waals surface area contributed by atoms with Crippen LogP contribution in [-0.4, -0.2) is 32.4 Å². The van der Waals surface area contributed by atoms with E-state index in [9.17, 15) is 14.9 Å². The van der Waals surface area contributed by atoms with Gasteiger partial charge in [-0.3, -0.25) is 14.9 Å². The van der Waals surface area contributed by atoms with E-state index in [1.807, 2.05) is 30.3 Å². The minimum atomic E-state index is -0.457. The molecular weight excluding hydrogens is 372 g/mol. The number of non-ortho nitro benzene ring substituents is 1. The molecule has 29 heavy (non-hydrogen) atoms. The van der Waals surface area contributed by atoms with Crippen molar-refractivity contribution in [1.29, 1.82) is 0 Å². The molecule has 1 saturated heterocycles. The number of hydrogen-bond donors (Lipinski definition) is 0. The third-order valence-corrected chi connectivity index (χ3v) is 4.82. The summed E-state index contributed by atoms with van der Waals surface area (Å²) in [6, 6.07) is 15.3. The molecule has 8 nitrogen and oxygen atoms in total. The summed E-state index contributed by atoms with van der Waals surface area (Å²) in [5.41, 5.74) is 1.58. The molecule has 2 heterocycles. The molecule has 0 unspecified atom stereocenters. The lowest BCUT2D eigenvalue weighted by atomic mass is 10.2. The van der Waals surface area contributed by atoms with E-state index >= 15 is 0 Å². The van der Waals surface area contributed by atoms with Crippen LogP contribution in [-0.2, 0) is 4.79 Å². The van der Waals surface area contributed by atoms with Gasteiger partial charge in [-0.1, -0.05) is 35.5 Å². The Labute approximate surface area is 166 Å². The number of nitro benzene ring substituents is 1. The molecule has 0 saturated carbocycles. The molecule has 1 amide bonds. The van der Waals surface area contributed by atoms with Gasteiger partial charge in [0, 0.05) is 30.3 Å². The largest absolute Gasteiger partial charge is 0.337 e. The van der Waals surface area contributed by atoms with E-state index in [0.29, 0.717) is 23.8 Å². The lowest BCUT2D eigenvalue weighted by Gasteiger charge is -2.20. The summed E-state index contributed by atoms with van der Waals surface area (Å²) in [6.07, 6.45) is 4.72. The van der Waals surface area contributed by atoms with Crippen LogP contribution in [0.25, 0.3) is 17.5 Å². The quantitative estimate of drug-likeness (QED) is 0.370. The summed E-state index contributed by atoms with van der Waals surface area (Å²) in [6.45, 7) is 0.608. The first-order valence-electron chi connectivity index (χ1n) is 9.24. The van der Waals surface area contributed by atoms with Gasteiger partial charge in [-0.25, -0.2) is 0 Å². The van der Waals surface area contributed by atoms with Crippen molar-refractivity contribution in [2.75, 3.05) is 6.54 Å². The molecule has 0 bridgehead atoms. The van der Waals surface area contributed by atoms with Crippen molar-refractivity contribution in [3.63, 3.8) is 0 Å². The minimum absolute atomic E-state index is 0.0127. The Hall–Kier alpha value is -3.81. The molecule has 0 N–H and O–H groups in total. The van der Waals surface area contributed by atoms with Crippen molar-refractivity contribution in [3.05, 3.63) is 82.2 Å². The highest BCUT2D eigenvalue weighted by Gasteiger charge is 2.33. The fourth-order valence-corrected chi connectivity index (χ4v) is 3.33. The van der Waals surface area contributed by atoms with Crippen LogP contribution in [0.1, 0.15) is 30.3 Å². The molecule has 0 radical (unpaired) electrons. The van der Waals surface area contributed by atoms with Crippen molar-refractivity contribution in [1.82, 2.24) is 15.0 Å². The Morgan fingerprint density at radius 3 is 2.66 bits per heavy atom. The molecule has 3 aromatic rings. The van der Waals surface area contributed by atoms with Gasteiger partial charge < -0.3 is 9.42 Å². The van der Waals surface area contributed by atoms with Crippen LogP contribution in [0.4, 0.5) is 5.69 Å². The van der Waals surface area contributed by atoms with Gasteiger partial charge in [0.1, 0.15) is 6.04 Å². The zero-order chi connectivity index (χ0) is 20.2. The highest BCUT2D eigenvalue weighted by atomic mass is 16.6. The van der Waals surface area contributed by atoms with Gasteiger partial charge >= 0.3 is 0 Å². The first-order chi connectivity index (χ1) is 14.1. The van der Waals surface area contributed by atoms with Gasteiger partial charge in [-0.15, -0.1) is 0 Å². The van der Waals surface area contributed by atoms with E-state index in [0.717, 1.165) is 18.4 Å². The van der Waals surface area contributed by atoms with Crippen molar-refractivity contribution < 1.29 is 14.2 Å². The summed E-state index contributed by atoms with van der Waals surface area (Å²) in [5.74, 6) is 0.769. The van der Waals surface area contributed by atoms with Crippen molar-refractivity contribution in [3.8, 4) is 11.4 Å². The highest BCUT2D eigenvalue weighted by molar-refractivity contribution is 5.92. The SMILES string of the molecule is O=C(/C=C/c1ccc([N+](=O)[O-])cc1)N1CCC[C@@H]1c1nc(-c2ccccc2)no1. The lowest BCUT2D eigenvalue weighted by molar-refractivity contribution is -0.384. The average molecular weight is 390 g/mol. The number of carbonyl (C=O) groups is 1. The second-order valence-electron chi connectivity index (χ2n) is 6.69. The summed E-state index contributed by atoms with van der Waals surface area (Å²) in [7, 11) is 0. The number of nitrogens with zero attached hydrogens (tertiary/aromatic N) is 4. The molecule has 1 aromatic heterocycles. The molecule has 2 aromatic carbocycles. The average Bonchev–Trinajstić information content (AvgIpc) is 3.42. The number of benzene rings is 2. The van der Waals surface area contributed by atoms with Gasteiger partial charge in [0.25, 0.3) is 5.69 Å². The molecule has 1 atom stereocenters. The standard InChI is InChI=1S/C21H18N4O4/c26-19(13-10-15-8-11-17(12-9-15)25(27)28)24-14-4-7-18(24)21-22-20(23-29-21)16-5-2-1-3-6-16/h1-3,5-6,8-13,18H,4,7,14H2/b13-10+/t18-/m1/s1. The maximum Gasteiger partial charge on any atom is 0.269 e. The maximum atomic E-state index is 12.7. The van der Waals surface area contributed by atoms with Crippen molar-refractivity contribution in [2.45, 2.75) is 18.9 Å². The minimum Gasteiger partial charge on any atom is -0.337 e. The van der Waals surface area contributed by atoms with E-state index in [2.05, 4.69) is 10.1 Å². The molecule has 1 aliphatic rings. The van der Waals surface area contributed by atoms with Crippen molar-refractivity contribution >= 4 is 17.7 Å². The van der Waals surface area contributed by atoms with Crippen LogP contribution in [0.3, 0.4) is 0 Å². The smallest absolute Gasteiger partial charge is 0.269 e. The summed E-state index contributed by atoms with van der Waals surface area (Å²) in [4.78, 5) is 29.2. The molecule has 1 aliphatic heterocycles. The van der Waals surface area contributed by atoms with Crippen LogP contribution < -0.4 is 0 Å². The first kappa shape index (κ1) is 18.5. The van der Waals surface area contributed by atoms with Gasteiger partial charge in [-0.2, -0.15) is 4.98 Å². The Morgan fingerprint density at radius 1 is 1.17 bits per heavy atom. The monoisotopic (exact) mass is 390 g/mol. The molecule has 4 rings (SSSR count). The number of likely N-dealkylation sites (tertiary alicyclic amines) is 1. The first-order valence-corrected chi connectivity index (χ1v) is 9.24. The van der Waals surface area contributed by atoms with Crippen LogP contribution in [0.2, 0.25) is 0 Å². The number of amides is 1. The molecule has 8 heteroatoms. The molecule has 0 aliphatic carbocycles. The van der Waals surface area contributed by atoms with E-state index in [1.165, 1.54) is 18.2 Å². The summed E-state index contributed by atoms with van der Waals surface area (Å²) in [5, 5.41) is 14.8. The van der Waals surface area contributed by atoms with Gasteiger partial charge in [-0.05, 0) is 36.6 Å². The Kier molecular flexibility index (Phi) is 5.15. The van der Waals surface area contributed by atoms with Gasteiger partial charge in [0.05, 0.1) is 4.92 Å². The third kappa shape index (κ3) is 4.06. The van der Waals surface area contributed by atoms with Gasteiger partial charge in [0.2, 0.25) is 17.6 Å². The number of carbonyl (C=O) groups excluding carboxylic acids is 1. The topological polar surface area (TPSA) is 102 Å². The Balaban J connectivity index is 1.47. The normalized spacial score (nSPS) is 16.4. The second-order valence-corrected chi connectivity index (χ2v) is 6.69. The van der Waals surface area contributed by atoms with E-state index in [-0.39, 0.29) is 17.6 Å². The predicted octanol–water partition coefficient (Wildman–Crippen LogP) is 4.02. The van der Waals surface area contributed by atoms with E-state index in [4.69, 9.17) is 4.52 Å². The Morgan fingerprint density at radius 2 is 1.93 bits per heavy atom. The zero-order valence-corrected chi connectivity index (χ0v) is 15.5. The Bertz CT molecular complexity index is 1040. The third-order valence-electron chi connectivity index (χ3n) is 4.82. The fourth-order valence-electron chi connectivity index (χ4n) is 3.33. The van der Waals surface area contributed by atoms with Crippen LogP contribution in [0.5, 0.6) is 0 Å². The van der Waals surface area contributed by atoms with Gasteiger partial charge in [0.15, 0.2) is 0 Å². The molecule has 146 valence electrons. The number of nitro groups is 1. The number of rotatable bonds is 5. The summed E-state index contributed by atoms with van der Waals surface area (Å²) >= 11 is 0. The molecular formula is C21H18N4O4. The summed E-state index contributed by atoms with van der Waals surface area (Å²) < 4.78 is 5.44. The fraction of sp³-hybridized carbons (Fsp3) is 0.190. The van der Waals surface area contributed by atoms with Crippen LogP contribution in [0.15, 0.2) is 65.2 Å². The van der Waals surface area contributed by atoms with Crippen LogP contribution >= 0.6 is 0 Å². The maximum absolute atomic E-state index is 12.7. The second kappa shape index (κ2) is 8.05. The molecule has 0 spiro atoms. The lowest BCUT2D eigenvalue weighted by Crippen LogP contribution is -2.29. The van der Waals surface area contributed by atoms with Crippen LogP contribution in [0, 0.1) is 10.1 Å². The predicted molar refractivity (Wildman–Crippen MR) is 106 cm³/mol. The zero-order valence-electron chi connectivity index (χ0n) is 15.5. The number of hydrogen-bond acceptors (Lipinski definition) is 6.